The van der Waals surface area contributed by atoms with E-state index in [9.17, 15) is 9.59 Å². The van der Waals surface area contributed by atoms with Gasteiger partial charge in [-0.3, -0.25) is 4.79 Å². The zero-order valence-corrected chi connectivity index (χ0v) is 23.0. The molecule has 0 saturated carbocycles. The van der Waals surface area contributed by atoms with Crippen LogP contribution < -0.4 is 10.6 Å². The molecule has 0 aliphatic heterocycles. The summed E-state index contributed by atoms with van der Waals surface area (Å²) in [5.74, 6) is 0.265. The molecule has 0 saturated heterocycles. The molecule has 3 aromatic rings. The predicted molar refractivity (Wildman–Crippen MR) is 149 cm³/mol. The Morgan fingerprint density at radius 3 is 2.38 bits per heavy atom. The average molecular weight is 506 g/mol. The number of nitrogens with one attached hydrogen (secondary N) is 2. The highest BCUT2D eigenvalue weighted by Gasteiger charge is 2.23. The fourth-order valence-electron chi connectivity index (χ4n) is 4.00. The van der Waals surface area contributed by atoms with Crippen LogP contribution in [0.3, 0.4) is 0 Å². The smallest absolute Gasteiger partial charge is 0.322 e. The van der Waals surface area contributed by atoms with Gasteiger partial charge in [0.1, 0.15) is 12.4 Å². The number of benzene rings is 2. The molecule has 0 bridgehead atoms. The molecule has 8 nitrogen and oxygen atoms in total. The lowest BCUT2D eigenvalue weighted by molar-refractivity contribution is -0.116. The van der Waals surface area contributed by atoms with Gasteiger partial charge in [-0.1, -0.05) is 50.6 Å². The normalized spacial score (nSPS) is 11.3. The van der Waals surface area contributed by atoms with Gasteiger partial charge in [0.2, 0.25) is 5.91 Å². The van der Waals surface area contributed by atoms with E-state index in [0.717, 1.165) is 28.1 Å². The fraction of sp³-hybridized carbons (Fsp3) is 0.414. The molecule has 3 rings (SSSR count). The molecule has 2 aromatic carbocycles. The van der Waals surface area contributed by atoms with Crippen molar-refractivity contribution in [2.75, 3.05) is 37.4 Å². The Bertz CT molecular complexity index is 1240. The van der Waals surface area contributed by atoms with Crippen molar-refractivity contribution in [3.8, 4) is 5.69 Å². The molecule has 1 heterocycles. The topological polar surface area (TPSA) is 88.5 Å². The summed E-state index contributed by atoms with van der Waals surface area (Å²) in [6.45, 7) is 13.0. The first-order valence-corrected chi connectivity index (χ1v) is 12.6. The second-order valence-electron chi connectivity index (χ2n) is 10.5. The Labute approximate surface area is 220 Å². The number of aryl methyl sites for hydroxylation is 3. The molecular formula is C29H39N5O3. The maximum atomic E-state index is 13.2. The second-order valence-corrected chi connectivity index (χ2v) is 10.5. The van der Waals surface area contributed by atoms with Gasteiger partial charge in [0.25, 0.3) is 0 Å². The zero-order chi connectivity index (χ0) is 27.2. The van der Waals surface area contributed by atoms with Crippen LogP contribution in [0.4, 0.5) is 16.3 Å². The molecule has 3 amide bonds. The molecular weight excluding hydrogens is 466 g/mol. The molecule has 0 unspecified atom stereocenters. The Balaban J connectivity index is 1.83. The van der Waals surface area contributed by atoms with Crippen LogP contribution in [0.25, 0.3) is 5.69 Å². The highest BCUT2D eigenvalue weighted by atomic mass is 16.5. The standard InChI is InChI=1S/C29H39N5O3/c1-20-10-8-11-23(17-20)30-28(36)33(14-9-15-37-7)19-27(35)31-26-18-25(29(4,5)6)32-34(26)24-13-12-21(2)16-22(24)3/h8,10-13,16-18H,9,14-15,19H2,1-7H3,(H,30,36)(H,31,35). The molecule has 8 heteroatoms. The number of rotatable bonds is 9. The third-order valence-corrected chi connectivity index (χ3v) is 5.99. The molecule has 0 aliphatic carbocycles. The summed E-state index contributed by atoms with van der Waals surface area (Å²) in [6, 6.07) is 15.3. The summed E-state index contributed by atoms with van der Waals surface area (Å²) in [5.41, 5.74) is 5.48. The summed E-state index contributed by atoms with van der Waals surface area (Å²) >= 11 is 0. The van der Waals surface area contributed by atoms with E-state index < -0.39 is 0 Å². The van der Waals surface area contributed by atoms with E-state index in [2.05, 4.69) is 37.5 Å². The molecule has 198 valence electrons. The highest BCUT2D eigenvalue weighted by molar-refractivity contribution is 5.96. The Morgan fingerprint density at radius 1 is 1.00 bits per heavy atom. The van der Waals surface area contributed by atoms with Crippen molar-refractivity contribution < 1.29 is 14.3 Å². The van der Waals surface area contributed by atoms with E-state index in [1.54, 1.807) is 11.8 Å². The van der Waals surface area contributed by atoms with Gasteiger partial charge in [0.05, 0.1) is 11.4 Å². The van der Waals surface area contributed by atoms with Crippen LogP contribution in [-0.2, 0) is 14.9 Å². The number of methoxy groups -OCH3 is 1. The summed E-state index contributed by atoms with van der Waals surface area (Å²) in [7, 11) is 1.62. The van der Waals surface area contributed by atoms with Crippen molar-refractivity contribution in [2.24, 2.45) is 0 Å². The zero-order valence-electron chi connectivity index (χ0n) is 23.0. The number of carbonyl (C=O) groups is 2. The quantitative estimate of drug-likeness (QED) is 0.370. The first kappa shape index (κ1) is 27.9. The van der Waals surface area contributed by atoms with Crippen molar-refractivity contribution in [3.63, 3.8) is 0 Å². The average Bonchev–Trinajstić information content (AvgIpc) is 3.22. The Morgan fingerprint density at radius 2 is 1.73 bits per heavy atom. The first-order valence-electron chi connectivity index (χ1n) is 12.6. The molecule has 37 heavy (non-hydrogen) atoms. The largest absolute Gasteiger partial charge is 0.385 e. The number of carbonyl (C=O) groups excluding carboxylic acids is 2. The van der Waals surface area contributed by atoms with E-state index in [4.69, 9.17) is 9.84 Å². The number of urea groups is 1. The van der Waals surface area contributed by atoms with Gasteiger partial charge >= 0.3 is 6.03 Å². The van der Waals surface area contributed by atoms with Gasteiger partial charge in [0.15, 0.2) is 0 Å². The second kappa shape index (κ2) is 12.1. The van der Waals surface area contributed by atoms with Crippen molar-refractivity contribution in [3.05, 3.63) is 70.9 Å². The van der Waals surface area contributed by atoms with Crippen LogP contribution in [0, 0.1) is 20.8 Å². The summed E-state index contributed by atoms with van der Waals surface area (Å²) in [4.78, 5) is 27.8. The molecule has 0 atom stereocenters. The van der Waals surface area contributed by atoms with Crippen LogP contribution >= 0.6 is 0 Å². The third-order valence-electron chi connectivity index (χ3n) is 5.99. The summed E-state index contributed by atoms with van der Waals surface area (Å²) in [6.07, 6.45) is 0.611. The molecule has 0 radical (unpaired) electrons. The van der Waals surface area contributed by atoms with Gasteiger partial charge in [-0.2, -0.15) is 5.10 Å². The van der Waals surface area contributed by atoms with E-state index in [1.165, 1.54) is 4.90 Å². The van der Waals surface area contributed by atoms with Crippen molar-refractivity contribution in [1.82, 2.24) is 14.7 Å². The van der Waals surface area contributed by atoms with E-state index >= 15 is 0 Å². The van der Waals surface area contributed by atoms with Gasteiger partial charge in [-0.15, -0.1) is 0 Å². The lowest BCUT2D eigenvalue weighted by atomic mass is 9.92. The number of amides is 3. The van der Waals surface area contributed by atoms with Crippen LogP contribution in [-0.4, -0.2) is 53.4 Å². The Kier molecular flexibility index (Phi) is 9.10. The highest BCUT2D eigenvalue weighted by Crippen LogP contribution is 2.28. The fourth-order valence-corrected chi connectivity index (χ4v) is 4.00. The lowest BCUT2D eigenvalue weighted by Crippen LogP contribution is -2.41. The maximum absolute atomic E-state index is 13.2. The molecule has 0 spiro atoms. The SMILES string of the molecule is COCCCN(CC(=O)Nc1cc(C(C)(C)C)nn1-c1ccc(C)cc1C)C(=O)Nc1cccc(C)c1. The molecule has 1 aromatic heterocycles. The monoisotopic (exact) mass is 505 g/mol. The van der Waals surface area contributed by atoms with Crippen molar-refractivity contribution >= 4 is 23.4 Å². The van der Waals surface area contributed by atoms with Crippen LogP contribution in [0.2, 0.25) is 0 Å². The number of nitrogens with zero attached hydrogens (tertiary/aromatic N) is 3. The van der Waals surface area contributed by atoms with Crippen molar-refractivity contribution in [2.45, 2.75) is 53.4 Å². The molecule has 0 fully saturated rings. The third kappa shape index (κ3) is 7.67. The van der Waals surface area contributed by atoms with E-state index in [1.807, 2.05) is 63.2 Å². The Hall–Kier alpha value is -3.65. The number of ether oxygens (including phenoxy) is 1. The molecule has 2 N–H and O–H groups in total. The first-order chi connectivity index (χ1) is 17.5. The lowest BCUT2D eigenvalue weighted by Gasteiger charge is -2.23. The number of hydrogen-bond acceptors (Lipinski definition) is 4. The van der Waals surface area contributed by atoms with Crippen LogP contribution in [0.5, 0.6) is 0 Å². The minimum atomic E-state index is -0.338. The molecule has 0 aliphatic rings. The number of aromatic nitrogens is 2. The van der Waals surface area contributed by atoms with Gasteiger partial charge < -0.3 is 20.3 Å². The number of hydrogen-bond donors (Lipinski definition) is 2. The van der Waals surface area contributed by atoms with Crippen LogP contribution in [0.15, 0.2) is 48.5 Å². The van der Waals surface area contributed by atoms with E-state index in [-0.39, 0.29) is 23.9 Å². The number of anilines is 2. The van der Waals surface area contributed by atoms with Gasteiger partial charge in [0, 0.05) is 37.4 Å². The van der Waals surface area contributed by atoms with Gasteiger partial charge in [-0.25, -0.2) is 9.48 Å². The van der Waals surface area contributed by atoms with Gasteiger partial charge in [-0.05, 0) is 56.5 Å². The van der Waals surface area contributed by atoms with Crippen molar-refractivity contribution in [1.29, 1.82) is 0 Å². The van der Waals surface area contributed by atoms with E-state index in [0.29, 0.717) is 31.1 Å². The van der Waals surface area contributed by atoms with Crippen LogP contribution in [0.1, 0.15) is 49.6 Å². The minimum Gasteiger partial charge on any atom is -0.385 e. The minimum absolute atomic E-state index is 0.107. The summed E-state index contributed by atoms with van der Waals surface area (Å²) in [5, 5.41) is 10.7. The maximum Gasteiger partial charge on any atom is 0.322 e. The predicted octanol–water partition coefficient (Wildman–Crippen LogP) is 5.60. The summed E-state index contributed by atoms with van der Waals surface area (Å²) < 4.78 is 6.93.